The Morgan fingerprint density at radius 2 is 1.36 bits per heavy atom. The van der Waals surface area contributed by atoms with Gasteiger partial charge in [0, 0.05) is 0 Å². The first-order valence-corrected chi connectivity index (χ1v) is 16.1. The molecule has 2 atom stereocenters. The monoisotopic (exact) mass is 396 g/mol. The van der Waals surface area contributed by atoms with Crippen LogP contribution in [0.15, 0.2) is 18.2 Å². The highest BCUT2D eigenvalue weighted by Gasteiger charge is 2.36. The number of unbranched alkanes of at least 4 members (excludes halogenated alkanes) is 2. The first-order chi connectivity index (χ1) is 11.7. The Balaban J connectivity index is 2.96. The molecule has 1 aromatic carbocycles. The maximum absolute atomic E-state index is 2.62. The van der Waals surface area contributed by atoms with Gasteiger partial charge < -0.3 is 0 Å². The largest absolute Gasteiger partial charge is 0.118 e. The van der Waals surface area contributed by atoms with Gasteiger partial charge in [-0.15, -0.1) is 17.2 Å². The molecular formula is C22H42P2Si. The predicted molar refractivity (Wildman–Crippen MR) is 127 cm³/mol. The number of benzene rings is 1. The smallest absolute Gasteiger partial charge is 0.0859 e. The summed E-state index contributed by atoms with van der Waals surface area (Å²) in [5.41, 5.74) is 3.33. The van der Waals surface area contributed by atoms with Crippen LogP contribution in [0.3, 0.4) is 0 Å². The Kier molecular flexibility index (Phi) is 10.5. The van der Waals surface area contributed by atoms with Gasteiger partial charge in [0.05, 0.1) is 8.07 Å². The van der Waals surface area contributed by atoms with Crippen molar-refractivity contribution in [2.24, 2.45) is 0 Å². The lowest BCUT2D eigenvalue weighted by atomic mass is 10.1. The van der Waals surface area contributed by atoms with Crippen LogP contribution in [0.25, 0.3) is 0 Å². The molecular weight excluding hydrogens is 354 g/mol. The van der Waals surface area contributed by atoms with Crippen molar-refractivity contribution < 1.29 is 0 Å². The third kappa shape index (κ3) is 7.44. The van der Waals surface area contributed by atoms with Crippen molar-refractivity contribution in [2.75, 3.05) is 12.3 Å². The maximum atomic E-state index is 2.62. The molecule has 0 aliphatic carbocycles. The van der Waals surface area contributed by atoms with Crippen LogP contribution in [0.5, 0.6) is 0 Å². The number of hydrogen-bond acceptors (Lipinski definition) is 0. The van der Waals surface area contributed by atoms with Crippen molar-refractivity contribution in [1.29, 1.82) is 0 Å². The van der Waals surface area contributed by atoms with E-state index in [4.69, 9.17) is 0 Å². The minimum absolute atomic E-state index is 0.416. The Labute approximate surface area is 162 Å². The van der Waals surface area contributed by atoms with Crippen molar-refractivity contribution in [3.05, 3.63) is 29.3 Å². The molecule has 0 aliphatic heterocycles. The van der Waals surface area contributed by atoms with Crippen LogP contribution in [0.4, 0.5) is 0 Å². The zero-order chi connectivity index (χ0) is 18.9. The molecule has 144 valence electrons. The summed E-state index contributed by atoms with van der Waals surface area (Å²) in [5.74, 6) is 0. The second kappa shape index (κ2) is 11.2. The lowest BCUT2D eigenvalue weighted by Crippen LogP contribution is -2.49. The van der Waals surface area contributed by atoms with E-state index in [-0.39, 0.29) is 0 Å². The third-order valence-corrected chi connectivity index (χ3v) is 14.0. The van der Waals surface area contributed by atoms with E-state index in [2.05, 4.69) is 65.9 Å². The molecule has 1 rings (SSSR count). The normalized spacial score (nSPS) is 13.6. The van der Waals surface area contributed by atoms with E-state index in [0.29, 0.717) is 5.04 Å². The molecule has 0 amide bonds. The lowest BCUT2D eigenvalue weighted by molar-refractivity contribution is 0.729. The molecule has 0 spiro atoms. The minimum atomic E-state index is -1.43. The van der Waals surface area contributed by atoms with E-state index in [1.165, 1.54) is 50.3 Å². The Hall–Kier alpha value is 0.297. The van der Waals surface area contributed by atoms with Gasteiger partial charge in [-0.1, -0.05) is 83.9 Å². The van der Waals surface area contributed by atoms with Crippen molar-refractivity contribution in [2.45, 2.75) is 90.8 Å². The van der Waals surface area contributed by atoms with E-state index in [0.717, 1.165) is 17.2 Å². The van der Waals surface area contributed by atoms with E-state index < -0.39 is 8.07 Å². The summed E-state index contributed by atoms with van der Waals surface area (Å²) < 4.78 is 0. The summed E-state index contributed by atoms with van der Waals surface area (Å²) in [6.45, 7) is 17.0. The molecule has 25 heavy (non-hydrogen) atoms. The topological polar surface area (TPSA) is 0 Å². The molecule has 0 N–H and O–H groups in total. The summed E-state index contributed by atoms with van der Waals surface area (Å²) in [6, 6.07) is 7.60. The van der Waals surface area contributed by atoms with Crippen LogP contribution >= 0.6 is 17.2 Å². The van der Waals surface area contributed by atoms with Crippen LogP contribution in [0.1, 0.15) is 71.4 Å². The molecule has 0 heterocycles. The Morgan fingerprint density at radius 3 is 1.84 bits per heavy atom. The highest BCUT2D eigenvalue weighted by atomic mass is 31.1. The highest BCUT2D eigenvalue weighted by Crippen LogP contribution is 2.36. The first-order valence-electron chi connectivity index (χ1n) is 10.3. The van der Waals surface area contributed by atoms with Crippen molar-refractivity contribution >= 4 is 30.4 Å². The summed E-state index contributed by atoms with van der Waals surface area (Å²) in [6.07, 6.45) is 10.9. The van der Waals surface area contributed by atoms with Crippen LogP contribution in [0, 0.1) is 0 Å². The molecule has 0 aromatic heterocycles. The Bertz CT molecular complexity index is 503. The molecule has 0 radical (unpaired) electrons. The molecule has 3 heteroatoms. The van der Waals surface area contributed by atoms with Gasteiger partial charge in [-0.2, -0.15) is 0 Å². The fourth-order valence-electron chi connectivity index (χ4n) is 2.83. The fourth-order valence-corrected chi connectivity index (χ4v) is 7.51. The average Bonchev–Trinajstić information content (AvgIpc) is 2.55. The fraction of sp³-hybridized carbons (Fsp3) is 0.727. The van der Waals surface area contributed by atoms with Gasteiger partial charge in [0.25, 0.3) is 0 Å². The average molecular weight is 397 g/mol. The first kappa shape index (κ1) is 23.3. The third-order valence-electron chi connectivity index (χ3n) is 5.85. The van der Waals surface area contributed by atoms with E-state index >= 15 is 0 Å². The van der Waals surface area contributed by atoms with Crippen LogP contribution in [0.2, 0.25) is 18.1 Å². The molecule has 2 unspecified atom stereocenters. The Morgan fingerprint density at radius 1 is 0.840 bits per heavy atom. The van der Waals surface area contributed by atoms with Gasteiger partial charge in [0.2, 0.25) is 0 Å². The molecule has 0 saturated heterocycles. The quantitative estimate of drug-likeness (QED) is 0.208. The zero-order valence-corrected chi connectivity index (χ0v) is 20.9. The molecule has 0 fully saturated rings. The number of hydrogen-bond donors (Lipinski definition) is 0. The summed E-state index contributed by atoms with van der Waals surface area (Å²) in [7, 11) is 0.780. The lowest BCUT2D eigenvalue weighted by Gasteiger charge is -2.38. The molecule has 0 nitrogen and oxygen atoms in total. The van der Waals surface area contributed by atoms with Crippen LogP contribution in [-0.4, -0.2) is 20.4 Å². The maximum Gasteiger partial charge on any atom is 0.0859 e. The second-order valence-electron chi connectivity index (χ2n) is 8.92. The van der Waals surface area contributed by atoms with Gasteiger partial charge in [-0.3, -0.25) is 0 Å². The van der Waals surface area contributed by atoms with Gasteiger partial charge in [0.1, 0.15) is 0 Å². The molecule has 1 aromatic rings. The predicted octanol–water partition coefficient (Wildman–Crippen LogP) is 7.36. The van der Waals surface area contributed by atoms with E-state index in [1.54, 1.807) is 16.3 Å². The molecule has 0 bridgehead atoms. The summed E-state index contributed by atoms with van der Waals surface area (Å²) in [5, 5.41) is 2.08. The minimum Gasteiger partial charge on any atom is -0.118 e. The van der Waals surface area contributed by atoms with Crippen LogP contribution < -0.4 is 5.19 Å². The van der Waals surface area contributed by atoms with E-state index in [9.17, 15) is 0 Å². The second-order valence-corrected chi connectivity index (χ2v) is 17.0. The summed E-state index contributed by atoms with van der Waals surface area (Å²) in [4.78, 5) is 0. The highest BCUT2D eigenvalue weighted by molar-refractivity contribution is 7.37. The van der Waals surface area contributed by atoms with Crippen molar-refractivity contribution in [1.82, 2.24) is 0 Å². The molecule has 0 saturated carbocycles. The van der Waals surface area contributed by atoms with Crippen LogP contribution in [-0.2, 0) is 12.3 Å². The standard InChI is InChI=1S/C22H42P2Si/c1-8-10-14-23-17-19-12-13-21(25(6,7)22(3,4)5)16-20(19)18-24-15-11-9-2/h12-13,16,23-24H,8-11,14-15,17-18H2,1-7H3. The zero-order valence-electron chi connectivity index (χ0n) is 17.9. The number of rotatable bonds is 11. The summed E-state index contributed by atoms with van der Waals surface area (Å²) >= 11 is 0. The van der Waals surface area contributed by atoms with Crippen molar-refractivity contribution in [3.63, 3.8) is 0 Å². The van der Waals surface area contributed by atoms with Crippen molar-refractivity contribution in [3.8, 4) is 0 Å². The molecule has 0 aliphatic rings. The van der Waals surface area contributed by atoms with Gasteiger partial charge in [-0.05, 0) is 53.7 Å². The SMILES string of the molecule is CCCCPCc1ccc([Si](C)(C)C(C)(C)C)cc1CPCCCC. The van der Waals surface area contributed by atoms with Gasteiger partial charge in [-0.25, -0.2) is 0 Å². The van der Waals surface area contributed by atoms with E-state index in [1.807, 2.05) is 0 Å². The van der Waals surface area contributed by atoms with Gasteiger partial charge in [0.15, 0.2) is 0 Å². The van der Waals surface area contributed by atoms with Gasteiger partial charge >= 0.3 is 0 Å².